The predicted octanol–water partition coefficient (Wildman–Crippen LogP) is 4.35. The Balaban J connectivity index is 1.46. The fourth-order valence-electron chi connectivity index (χ4n) is 3.43. The first-order valence-electron chi connectivity index (χ1n) is 11.8. The van der Waals surface area contributed by atoms with Crippen LogP contribution < -0.4 is 15.5 Å². The summed E-state index contributed by atoms with van der Waals surface area (Å²) >= 11 is 0. The Morgan fingerprint density at radius 3 is 2.46 bits per heavy atom. The van der Waals surface area contributed by atoms with Crippen LogP contribution in [0.5, 0.6) is 5.75 Å². The molecule has 2 amide bonds. The minimum absolute atomic E-state index is 0.252. The molecule has 1 aromatic heterocycles. The van der Waals surface area contributed by atoms with Crippen LogP contribution in [0.3, 0.4) is 0 Å². The minimum atomic E-state index is -0.513. The Morgan fingerprint density at radius 2 is 1.76 bits per heavy atom. The number of amides is 2. The van der Waals surface area contributed by atoms with Crippen molar-refractivity contribution < 1.29 is 18.7 Å². The van der Waals surface area contributed by atoms with E-state index in [4.69, 9.17) is 9.84 Å². The minimum Gasteiger partial charge on any atom is -0.494 e. The number of carbonyl (C=O) groups excluding carboxylic acids is 2. The molecule has 188 valence electrons. The molecule has 0 unspecified atom stereocenters. The van der Waals surface area contributed by atoms with E-state index >= 15 is 0 Å². The first-order chi connectivity index (χ1) is 18.0. The van der Waals surface area contributed by atoms with Crippen molar-refractivity contribution in [3.05, 3.63) is 102 Å². The van der Waals surface area contributed by atoms with Crippen LogP contribution in [-0.4, -0.2) is 41.0 Å². The molecule has 0 saturated heterocycles. The normalized spacial score (nSPS) is 10.9. The Hall–Kier alpha value is -4.79. The van der Waals surface area contributed by atoms with Gasteiger partial charge in [-0.15, -0.1) is 0 Å². The summed E-state index contributed by atoms with van der Waals surface area (Å²) in [5.74, 6) is -0.671. The second-order valence-corrected chi connectivity index (χ2v) is 8.07. The van der Waals surface area contributed by atoms with Crippen LogP contribution >= 0.6 is 0 Å². The van der Waals surface area contributed by atoms with Crippen LogP contribution in [0.2, 0.25) is 0 Å². The molecule has 1 heterocycles. The van der Waals surface area contributed by atoms with E-state index in [1.165, 1.54) is 30.5 Å². The number of aromatic nitrogens is 2. The van der Waals surface area contributed by atoms with E-state index in [-0.39, 0.29) is 12.1 Å². The monoisotopic (exact) mass is 499 g/mol. The molecule has 4 aromatic rings. The van der Waals surface area contributed by atoms with Gasteiger partial charge in [-0.05, 0) is 67.1 Å². The lowest BCUT2D eigenvalue weighted by Crippen LogP contribution is -2.34. The molecule has 3 aromatic carbocycles. The lowest BCUT2D eigenvalue weighted by atomic mass is 10.1. The highest BCUT2D eigenvalue weighted by molar-refractivity contribution is 5.96. The van der Waals surface area contributed by atoms with Crippen LogP contribution in [0.25, 0.3) is 16.9 Å². The summed E-state index contributed by atoms with van der Waals surface area (Å²) in [7, 11) is 0. The number of carbonyl (C=O) groups is 2. The third-order valence-electron chi connectivity index (χ3n) is 5.27. The van der Waals surface area contributed by atoms with Gasteiger partial charge in [0, 0.05) is 22.9 Å². The summed E-state index contributed by atoms with van der Waals surface area (Å²) in [4.78, 5) is 24.3. The molecular formula is C28H26FN5O3. The van der Waals surface area contributed by atoms with Gasteiger partial charge < -0.3 is 10.1 Å². The van der Waals surface area contributed by atoms with Crippen molar-refractivity contribution in [1.82, 2.24) is 20.5 Å². The number of benzene rings is 3. The third kappa shape index (κ3) is 6.88. The molecule has 8 nitrogen and oxygen atoms in total. The first-order valence-corrected chi connectivity index (χ1v) is 11.8. The van der Waals surface area contributed by atoms with E-state index in [0.29, 0.717) is 17.9 Å². The number of nitrogens with one attached hydrogen (secondary N) is 2. The largest absolute Gasteiger partial charge is 0.494 e. The second-order valence-electron chi connectivity index (χ2n) is 8.07. The van der Waals surface area contributed by atoms with Gasteiger partial charge in [0.15, 0.2) is 0 Å². The fourth-order valence-corrected chi connectivity index (χ4v) is 3.43. The SMILES string of the molecule is CCCOc1ccc(-c2nn(-c3ccccc3)cc2/C=N/NC(=O)CNC(=O)c2ccc(F)cc2)cc1. The summed E-state index contributed by atoms with van der Waals surface area (Å²) in [6.07, 6.45) is 4.24. The number of para-hydroxylation sites is 1. The van der Waals surface area contributed by atoms with Crippen molar-refractivity contribution in [2.24, 2.45) is 5.10 Å². The van der Waals surface area contributed by atoms with E-state index in [9.17, 15) is 14.0 Å². The molecule has 0 bridgehead atoms. The molecule has 0 fully saturated rings. The maximum atomic E-state index is 13.0. The number of hydrazone groups is 1. The molecule has 0 saturated carbocycles. The average molecular weight is 500 g/mol. The predicted molar refractivity (Wildman–Crippen MR) is 139 cm³/mol. The smallest absolute Gasteiger partial charge is 0.259 e. The fraction of sp³-hybridized carbons (Fsp3) is 0.143. The van der Waals surface area contributed by atoms with Crippen molar-refractivity contribution in [2.45, 2.75) is 13.3 Å². The number of hydrogen-bond acceptors (Lipinski definition) is 5. The Bertz CT molecular complexity index is 1370. The molecule has 2 N–H and O–H groups in total. The zero-order valence-electron chi connectivity index (χ0n) is 20.2. The zero-order valence-corrected chi connectivity index (χ0v) is 20.2. The van der Waals surface area contributed by atoms with Crippen LogP contribution in [0.1, 0.15) is 29.3 Å². The van der Waals surface area contributed by atoms with Gasteiger partial charge in [0.05, 0.1) is 25.1 Å². The summed E-state index contributed by atoms with van der Waals surface area (Å²) in [5, 5.41) is 11.3. The summed E-state index contributed by atoms with van der Waals surface area (Å²) in [6, 6.07) is 22.3. The Kier molecular flexibility index (Phi) is 8.38. The third-order valence-corrected chi connectivity index (χ3v) is 5.27. The van der Waals surface area contributed by atoms with E-state index in [0.717, 1.165) is 23.4 Å². The van der Waals surface area contributed by atoms with Gasteiger partial charge in [0.2, 0.25) is 0 Å². The van der Waals surface area contributed by atoms with Gasteiger partial charge in [-0.3, -0.25) is 9.59 Å². The van der Waals surface area contributed by atoms with Gasteiger partial charge in [0.1, 0.15) is 17.3 Å². The molecule has 0 atom stereocenters. The lowest BCUT2D eigenvalue weighted by Gasteiger charge is -2.05. The van der Waals surface area contributed by atoms with Crippen molar-refractivity contribution in [2.75, 3.05) is 13.2 Å². The van der Waals surface area contributed by atoms with Crippen LogP contribution in [0, 0.1) is 5.82 Å². The molecular weight excluding hydrogens is 473 g/mol. The van der Waals surface area contributed by atoms with Gasteiger partial charge in [-0.25, -0.2) is 14.5 Å². The lowest BCUT2D eigenvalue weighted by molar-refractivity contribution is -0.120. The highest BCUT2D eigenvalue weighted by Gasteiger charge is 2.12. The van der Waals surface area contributed by atoms with Gasteiger partial charge in [-0.1, -0.05) is 25.1 Å². The van der Waals surface area contributed by atoms with E-state index in [2.05, 4.69) is 22.8 Å². The first kappa shape index (κ1) is 25.3. The molecule has 0 aliphatic rings. The number of ether oxygens (including phenoxy) is 1. The topological polar surface area (TPSA) is 97.6 Å². The van der Waals surface area contributed by atoms with Crippen molar-refractivity contribution in [1.29, 1.82) is 0 Å². The average Bonchev–Trinajstić information content (AvgIpc) is 3.36. The van der Waals surface area contributed by atoms with Crippen molar-refractivity contribution in [3.8, 4) is 22.7 Å². The van der Waals surface area contributed by atoms with E-state index in [1.54, 1.807) is 4.68 Å². The van der Waals surface area contributed by atoms with E-state index in [1.807, 2.05) is 60.8 Å². The molecule has 0 aliphatic carbocycles. The molecule has 0 radical (unpaired) electrons. The highest BCUT2D eigenvalue weighted by Crippen LogP contribution is 2.25. The second kappa shape index (κ2) is 12.3. The van der Waals surface area contributed by atoms with Gasteiger partial charge in [-0.2, -0.15) is 10.2 Å². The van der Waals surface area contributed by atoms with Crippen LogP contribution in [-0.2, 0) is 4.79 Å². The number of hydrogen-bond donors (Lipinski definition) is 2. The van der Waals surface area contributed by atoms with Crippen molar-refractivity contribution in [3.63, 3.8) is 0 Å². The Morgan fingerprint density at radius 1 is 1.03 bits per heavy atom. The number of rotatable bonds is 10. The van der Waals surface area contributed by atoms with Crippen molar-refractivity contribution >= 4 is 18.0 Å². The highest BCUT2D eigenvalue weighted by atomic mass is 19.1. The molecule has 37 heavy (non-hydrogen) atoms. The molecule has 0 aliphatic heterocycles. The Labute approximate surface area is 213 Å². The number of nitrogens with zero attached hydrogens (tertiary/aromatic N) is 3. The summed E-state index contributed by atoms with van der Waals surface area (Å²) < 4.78 is 20.4. The van der Waals surface area contributed by atoms with Crippen LogP contribution in [0.4, 0.5) is 4.39 Å². The van der Waals surface area contributed by atoms with Crippen LogP contribution in [0.15, 0.2) is 90.2 Å². The quantitative estimate of drug-likeness (QED) is 0.250. The maximum Gasteiger partial charge on any atom is 0.259 e. The number of halogens is 1. The van der Waals surface area contributed by atoms with Gasteiger partial charge in [0.25, 0.3) is 11.8 Å². The molecule has 4 rings (SSSR count). The van der Waals surface area contributed by atoms with E-state index < -0.39 is 17.6 Å². The standard InChI is InChI=1S/C28H26FN5O3/c1-2-16-37-25-14-10-20(11-15-25)27-22(19-34(33-27)24-6-4-3-5-7-24)17-31-32-26(35)18-30-28(36)21-8-12-23(29)13-9-21/h3-15,17,19H,2,16,18H2,1H3,(H,30,36)(H,32,35)/b31-17+. The van der Waals surface area contributed by atoms with Gasteiger partial charge >= 0.3 is 0 Å². The summed E-state index contributed by atoms with van der Waals surface area (Å²) in [6.45, 7) is 2.40. The summed E-state index contributed by atoms with van der Waals surface area (Å²) in [5.41, 5.74) is 5.75. The maximum absolute atomic E-state index is 13.0. The molecule has 0 spiro atoms. The molecule has 9 heteroatoms. The zero-order chi connectivity index (χ0) is 26.0.